The van der Waals surface area contributed by atoms with Gasteiger partial charge in [-0.05, 0) is 31.6 Å². The molecule has 0 heterocycles. The van der Waals surface area contributed by atoms with Crippen molar-refractivity contribution in [2.75, 3.05) is 39.6 Å². The Morgan fingerprint density at radius 2 is 0.500 bits per heavy atom. The Morgan fingerprint density at radius 1 is 0.293 bits per heavy atom. The van der Waals surface area contributed by atoms with Gasteiger partial charge in [-0.2, -0.15) is 0 Å². The molecule has 0 aromatic heterocycles. The minimum absolute atomic E-state index is 0.104. The molecule has 19 heteroatoms. The zero-order valence-electron chi connectivity index (χ0n) is 59.7. The summed E-state index contributed by atoms with van der Waals surface area (Å²) >= 11 is 0. The number of ether oxygens (including phenoxy) is 4. The Kier molecular flexibility index (Phi) is 64.9. The Labute approximate surface area is 562 Å². The minimum Gasteiger partial charge on any atom is -0.462 e. The number of carbonyl (C=O) groups excluding carboxylic acids is 4. The molecule has 2 unspecified atom stereocenters. The van der Waals surface area contributed by atoms with Crippen molar-refractivity contribution >= 4 is 39.5 Å². The smallest absolute Gasteiger partial charge is 0.462 e. The number of phosphoric ester groups is 2. The predicted molar refractivity (Wildman–Crippen MR) is 372 cm³/mol. The molecule has 0 bridgehead atoms. The maximum absolute atomic E-state index is 13.0. The Hall–Kier alpha value is -1.94. The molecular formula is C73H142O17P2. The number of esters is 4. The molecule has 3 N–H and O–H groups in total. The van der Waals surface area contributed by atoms with Crippen molar-refractivity contribution in [1.82, 2.24) is 0 Å². The number of phosphoric acid groups is 2. The molecule has 0 spiro atoms. The summed E-state index contributed by atoms with van der Waals surface area (Å²) in [6, 6.07) is 0. The van der Waals surface area contributed by atoms with Crippen molar-refractivity contribution in [1.29, 1.82) is 0 Å². The van der Waals surface area contributed by atoms with E-state index in [2.05, 4.69) is 34.6 Å². The van der Waals surface area contributed by atoms with Crippen LogP contribution in [0.25, 0.3) is 0 Å². The predicted octanol–water partition coefficient (Wildman–Crippen LogP) is 21.3. The zero-order valence-corrected chi connectivity index (χ0v) is 61.5. The van der Waals surface area contributed by atoms with Gasteiger partial charge in [0.25, 0.3) is 0 Å². The molecule has 546 valence electrons. The first kappa shape index (κ1) is 90.1. The highest BCUT2D eigenvalue weighted by Gasteiger charge is 2.30. The summed E-state index contributed by atoms with van der Waals surface area (Å²) in [7, 11) is -9.90. The van der Waals surface area contributed by atoms with Gasteiger partial charge >= 0.3 is 39.5 Å². The van der Waals surface area contributed by atoms with Crippen molar-refractivity contribution in [3.8, 4) is 0 Å². The summed E-state index contributed by atoms with van der Waals surface area (Å²) in [4.78, 5) is 72.5. The van der Waals surface area contributed by atoms with Crippen LogP contribution in [0.2, 0.25) is 0 Å². The van der Waals surface area contributed by atoms with Gasteiger partial charge in [-0.1, -0.05) is 330 Å². The highest BCUT2D eigenvalue weighted by Crippen LogP contribution is 2.45. The van der Waals surface area contributed by atoms with Crippen LogP contribution in [0.3, 0.4) is 0 Å². The number of hydrogen-bond acceptors (Lipinski definition) is 15. The van der Waals surface area contributed by atoms with E-state index < -0.39 is 97.5 Å². The molecule has 17 nitrogen and oxygen atoms in total. The van der Waals surface area contributed by atoms with Crippen LogP contribution in [0, 0.1) is 5.92 Å². The lowest BCUT2D eigenvalue weighted by atomic mass is 10.0. The summed E-state index contributed by atoms with van der Waals surface area (Å²) in [6.07, 6.45) is 54.4. The summed E-state index contributed by atoms with van der Waals surface area (Å²) < 4.78 is 68.3. The van der Waals surface area contributed by atoms with E-state index in [4.69, 9.17) is 37.0 Å². The molecule has 0 saturated carbocycles. The molecule has 0 rings (SSSR count). The Balaban J connectivity index is 5.13. The Morgan fingerprint density at radius 3 is 0.739 bits per heavy atom. The van der Waals surface area contributed by atoms with Gasteiger partial charge in [-0.3, -0.25) is 37.3 Å². The van der Waals surface area contributed by atoms with E-state index in [1.165, 1.54) is 205 Å². The molecule has 5 atom stereocenters. The van der Waals surface area contributed by atoms with E-state index in [1.807, 2.05) is 0 Å². The van der Waals surface area contributed by atoms with E-state index in [1.54, 1.807) is 0 Å². The van der Waals surface area contributed by atoms with Crippen LogP contribution in [0.15, 0.2) is 0 Å². The van der Waals surface area contributed by atoms with Crippen molar-refractivity contribution in [3.05, 3.63) is 0 Å². The van der Waals surface area contributed by atoms with Crippen LogP contribution >= 0.6 is 15.6 Å². The van der Waals surface area contributed by atoms with Gasteiger partial charge in [0.05, 0.1) is 26.4 Å². The quantitative estimate of drug-likeness (QED) is 0.0222. The molecule has 0 aliphatic carbocycles. The fraction of sp³-hybridized carbons (Fsp3) is 0.945. The highest BCUT2D eigenvalue weighted by atomic mass is 31.2. The molecule has 0 amide bonds. The van der Waals surface area contributed by atoms with Crippen molar-refractivity contribution < 1.29 is 80.2 Å². The lowest BCUT2D eigenvalue weighted by molar-refractivity contribution is -0.161. The van der Waals surface area contributed by atoms with E-state index in [0.717, 1.165) is 89.9 Å². The fourth-order valence-corrected chi connectivity index (χ4v) is 12.8. The number of carbonyl (C=O) groups is 4. The fourth-order valence-electron chi connectivity index (χ4n) is 11.2. The molecule has 0 fully saturated rings. The second-order valence-electron chi connectivity index (χ2n) is 26.8. The van der Waals surface area contributed by atoms with Gasteiger partial charge in [0.15, 0.2) is 12.2 Å². The first-order chi connectivity index (χ1) is 44.5. The maximum atomic E-state index is 13.0. The highest BCUT2D eigenvalue weighted by molar-refractivity contribution is 7.47. The second-order valence-corrected chi connectivity index (χ2v) is 29.7. The normalized spacial score (nSPS) is 14.0. The zero-order chi connectivity index (χ0) is 67.7. The van der Waals surface area contributed by atoms with Gasteiger partial charge < -0.3 is 33.8 Å². The van der Waals surface area contributed by atoms with E-state index in [9.17, 15) is 43.2 Å². The van der Waals surface area contributed by atoms with E-state index in [-0.39, 0.29) is 25.7 Å². The van der Waals surface area contributed by atoms with Crippen LogP contribution < -0.4 is 0 Å². The average Bonchev–Trinajstić information content (AvgIpc) is 2.53. The molecule has 0 aliphatic rings. The Bertz CT molecular complexity index is 1770. The number of aliphatic hydroxyl groups is 1. The number of unbranched alkanes of at least 4 members (excludes halogenated alkanes) is 45. The molecule has 0 aromatic rings. The van der Waals surface area contributed by atoms with Crippen molar-refractivity contribution in [3.63, 3.8) is 0 Å². The standard InChI is InChI=1S/C73H142O17P2/c1-6-9-12-15-18-21-23-24-25-26-27-28-29-30-31-32-33-35-38-43-48-53-58-72(77)89-68(62-84-71(76)57-52-47-42-37-34-22-19-16-13-10-7-2)64-87-91(79,80)85-60-67(74)61-86-92(81,82)88-65-69(63-83-70(75)56-51-46-41-36-20-17-14-11-8-3)90-73(78)59-54-49-44-39-40-45-50-55-66(4)5/h66-69,74H,6-65H2,1-5H3,(H,79,80)(H,81,82)/t67-,68-,69-/m1/s1. The third kappa shape index (κ3) is 66.7. The van der Waals surface area contributed by atoms with Crippen LogP contribution in [-0.2, 0) is 65.4 Å². The number of hydrogen-bond donors (Lipinski definition) is 3. The largest absolute Gasteiger partial charge is 0.472 e. The summed E-state index contributed by atoms with van der Waals surface area (Å²) in [5.41, 5.74) is 0. The van der Waals surface area contributed by atoms with Crippen LogP contribution in [0.1, 0.15) is 381 Å². The molecule has 0 radical (unpaired) electrons. The van der Waals surface area contributed by atoms with Gasteiger partial charge in [-0.25, -0.2) is 9.13 Å². The van der Waals surface area contributed by atoms with Gasteiger partial charge in [0, 0.05) is 25.7 Å². The third-order valence-electron chi connectivity index (χ3n) is 17.0. The lowest BCUT2D eigenvalue weighted by Crippen LogP contribution is -2.30. The monoisotopic (exact) mass is 1350 g/mol. The molecule has 92 heavy (non-hydrogen) atoms. The second kappa shape index (κ2) is 66.3. The summed E-state index contributed by atoms with van der Waals surface area (Å²) in [5.74, 6) is -1.43. The SMILES string of the molecule is CCCCCCCCCCCCCCCCCCCCCCCCC(=O)O[C@H](COC(=O)CCCCCCCCCCCCC)COP(=O)(O)OC[C@@H](O)COP(=O)(O)OC[C@@H](COC(=O)CCCCCCCCCCC)OC(=O)CCCCCCCCCC(C)C. The van der Waals surface area contributed by atoms with Crippen LogP contribution in [0.5, 0.6) is 0 Å². The van der Waals surface area contributed by atoms with Crippen molar-refractivity contribution in [2.24, 2.45) is 5.92 Å². The summed E-state index contributed by atoms with van der Waals surface area (Å²) in [6.45, 7) is 7.17. The van der Waals surface area contributed by atoms with Crippen LogP contribution in [0.4, 0.5) is 0 Å². The first-order valence-corrected chi connectivity index (χ1v) is 41.1. The topological polar surface area (TPSA) is 237 Å². The molecule has 0 aliphatic heterocycles. The van der Waals surface area contributed by atoms with E-state index in [0.29, 0.717) is 31.6 Å². The maximum Gasteiger partial charge on any atom is 0.472 e. The van der Waals surface area contributed by atoms with Crippen LogP contribution in [-0.4, -0.2) is 96.7 Å². The summed E-state index contributed by atoms with van der Waals surface area (Å²) in [5, 5.41) is 10.6. The van der Waals surface area contributed by atoms with E-state index >= 15 is 0 Å². The van der Waals surface area contributed by atoms with Crippen molar-refractivity contribution in [2.45, 2.75) is 400 Å². The number of aliphatic hydroxyl groups excluding tert-OH is 1. The minimum atomic E-state index is -4.95. The lowest BCUT2D eigenvalue weighted by Gasteiger charge is -2.21. The molecule has 0 aromatic carbocycles. The van der Waals surface area contributed by atoms with Gasteiger partial charge in [0.1, 0.15) is 19.3 Å². The molecular weight excluding hydrogens is 1210 g/mol. The first-order valence-electron chi connectivity index (χ1n) is 38.1. The van der Waals surface area contributed by atoms with Gasteiger partial charge in [0.2, 0.25) is 0 Å². The average molecular weight is 1350 g/mol. The molecule has 0 saturated heterocycles. The number of rotatable bonds is 73. The van der Waals surface area contributed by atoms with Gasteiger partial charge in [-0.15, -0.1) is 0 Å². The third-order valence-corrected chi connectivity index (χ3v) is 18.9.